The molecule has 0 aromatic rings. The predicted octanol–water partition coefficient (Wildman–Crippen LogP) is 0.504. The van der Waals surface area contributed by atoms with Crippen LogP contribution in [0.15, 0.2) is 0 Å². The third-order valence-electron chi connectivity index (χ3n) is 2.56. The van der Waals surface area contributed by atoms with Gasteiger partial charge in [0.05, 0.1) is 13.5 Å². The molecular weight excluding hydrogens is 244 g/mol. The Balaban J connectivity index is 4.46. The second-order valence-corrected chi connectivity index (χ2v) is 6.27. The summed E-state index contributed by atoms with van der Waals surface area (Å²) in [7, 11) is -0.858. The number of esters is 1. The number of hydrogen-bond acceptors (Lipinski definition) is 4. The lowest BCUT2D eigenvalue weighted by Crippen LogP contribution is -2.49. The zero-order valence-electron chi connectivity index (χ0n) is 11.1. The molecule has 0 amide bonds. The van der Waals surface area contributed by atoms with E-state index >= 15 is 0 Å². The number of hydrogen-bond donors (Lipinski definition) is 1. The highest BCUT2D eigenvalue weighted by Gasteiger charge is 2.26. The van der Waals surface area contributed by atoms with Crippen molar-refractivity contribution in [2.24, 2.45) is 0 Å². The van der Waals surface area contributed by atoms with Gasteiger partial charge in [0.1, 0.15) is 0 Å². The maximum atomic E-state index is 11.9. The molecule has 0 radical (unpaired) electrons. The van der Waals surface area contributed by atoms with Crippen molar-refractivity contribution in [3.05, 3.63) is 0 Å². The van der Waals surface area contributed by atoms with Crippen LogP contribution >= 0.6 is 0 Å². The van der Waals surface area contributed by atoms with Gasteiger partial charge >= 0.3 is 5.97 Å². The van der Waals surface area contributed by atoms with E-state index in [0.29, 0.717) is 6.42 Å². The standard InChI is InChI=1S/C10H22N2O4S/c1-6-10(2,3)11-17(14,15)12(4)8-7-9(13)16-5/h11H,6-8H2,1-5H3. The first-order valence-electron chi connectivity index (χ1n) is 5.46. The molecular formula is C10H22N2O4S. The van der Waals surface area contributed by atoms with Gasteiger partial charge in [0.15, 0.2) is 0 Å². The molecule has 6 nitrogen and oxygen atoms in total. The monoisotopic (exact) mass is 266 g/mol. The van der Waals surface area contributed by atoms with E-state index in [9.17, 15) is 13.2 Å². The summed E-state index contributed by atoms with van der Waals surface area (Å²) in [5.74, 6) is -0.429. The number of ether oxygens (including phenoxy) is 1. The van der Waals surface area contributed by atoms with Crippen molar-refractivity contribution in [3.8, 4) is 0 Å². The molecule has 17 heavy (non-hydrogen) atoms. The molecule has 0 spiro atoms. The summed E-state index contributed by atoms with van der Waals surface area (Å²) in [6.07, 6.45) is 0.720. The Labute approximate surface area is 104 Å². The molecule has 0 saturated carbocycles. The van der Waals surface area contributed by atoms with Crippen molar-refractivity contribution in [2.45, 2.75) is 39.2 Å². The van der Waals surface area contributed by atoms with Crippen molar-refractivity contribution >= 4 is 16.2 Å². The van der Waals surface area contributed by atoms with Gasteiger partial charge in [0.2, 0.25) is 0 Å². The topological polar surface area (TPSA) is 75.7 Å². The van der Waals surface area contributed by atoms with Crippen LogP contribution in [0.4, 0.5) is 0 Å². The average Bonchev–Trinajstić information content (AvgIpc) is 2.23. The van der Waals surface area contributed by atoms with Gasteiger partial charge in [-0.15, -0.1) is 0 Å². The van der Waals surface area contributed by atoms with Crippen molar-refractivity contribution in [1.82, 2.24) is 9.03 Å². The second-order valence-electron chi connectivity index (χ2n) is 4.49. The van der Waals surface area contributed by atoms with Gasteiger partial charge < -0.3 is 4.74 Å². The smallest absolute Gasteiger partial charge is 0.306 e. The van der Waals surface area contributed by atoms with E-state index in [1.165, 1.54) is 14.2 Å². The third-order valence-corrected chi connectivity index (χ3v) is 4.37. The van der Waals surface area contributed by atoms with Gasteiger partial charge in [-0.05, 0) is 20.3 Å². The van der Waals surface area contributed by atoms with Crippen LogP contribution in [0.1, 0.15) is 33.6 Å². The number of nitrogens with zero attached hydrogens (tertiary/aromatic N) is 1. The molecule has 0 aromatic heterocycles. The van der Waals surface area contributed by atoms with Gasteiger partial charge in [-0.1, -0.05) is 6.92 Å². The van der Waals surface area contributed by atoms with Crippen LogP contribution in [-0.4, -0.2) is 44.9 Å². The van der Waals surface area contributed by atoms with Gasteiger partial charge in [-0.25, -0.2) is 0 Å². The van der Waals surface area contributed by atoms with Gasteiger partial charge in [0.25, 0.3) is 10.2 Å². The SMILES string of the molecule is CCC(C)(C)NS(=O)(=O)N(C)CCC(=O)OC. The first-order chi connectivity index (χ1) is 7.64. The highest BCUT2D eigenvalue weighted by atomic mass is 32.2. The summed E-state index contributed by atoms with van der Waals surface area (Å²) < 4.78 is 31.9. The van der Waals surface area contributed by atoms with Crippen LogP contribution in [0.25, 0.3) is 0 Å². The van der Waals surface area contributed by atoms with Crippen molar-refractivity contribution in [2.75, 3.05) is 20.7 Å². The molecule has 0 aliphatic carbocycles. The number of methoxy groups -OCH3 is 1. The second kappa shape index (κ2) is 6.32. The number of carbonyl (C=O) groups is 1. The van der Waals surface area contributed by atoms with E-state index in [4.69, 9.17) is 0 Å². The maximum absolute atomic E-state index is 11.9. The lowest BCUT2D eigenvalue weighted by molar-refractivity contribution is -0.140. The fourth-order valence-corrected chi connectivity index (χ4v) is 2.30. The minimum absolute atomic E-state index is 0.0421. The summed E-state index contributed by atoms with van der Waals surface area (Å²) in [6.45, 7) is 5.61. The van der Waals surface area contributed by atoms with Crippen LogP contribution in [-0.2, 0) is 19.7 Å². The summed E-state index contributed by atoms with van der Waals surface area (Å²) in [4.78, 5) is 10.9. The summed E-state index contributed by atoms with van der Waals surface area (Å²) in [6, 6.07) is 0. The minimum Gasteiger partial charge on any atom is -0.469 e. The van der Waals surface area contributed by atoms with E-state index < -0.39 is 21.7 Å². The molecule has 7 heteroatoms. The minimum atomic E-state index is -3.56. The first-order valence-corrected chi connectivity index (χ1v) is 6.90. The van der Waals surface area contributed by atoms with Gasteiger partial charge in [-0.2, -0.15) is 17.4 Å². The normalized spacial score (nSPS) is 12.8. The summed E-state index contributed by atoms with van der Waals surface area (Å²) in [5, 5.41) is 0. The molecule has 0 aromatic carbocycles. The van der Waals surface area contributed by atoms with Gasteiger partial charge in [-0.3, -0.25) is 4.79 Å². The van der Waals surface area contributed by atoms with Crippen LogP contribution in [0.5, 0.6) is 0 Å². The van der Waals surface area contributed by atoms with Crippen molar-refractivity contribution in [3.63, 3.8) is 0 Å². The lowest BCUT2D eigenvalue weighted by Gasteiger charge is -2.27. The van der Waals surface area contributed by atoms with Gasteiger partial charge in [0, 0.05) is 19.1 Å². The quantitative estimate of drug-likeness (QED) is 0.681. The van der Waals surface area contributed by atoms with Crippen molar-refractivity contribution < 1.29 is 17.9 Å². The number of nitrogens with one attached hydrogen (secondary N) is 1. The molecule has 0 unspecified atom stereocenters. The molecule has 0 aliphatic rings. The number of carbonyl (C=O) groups excluding carboxylic acids is 1. The molecule has 0 rings (SSSR count). The number of rotatable bonds is 7. The van der Waals surface area contributed by atoms with E-state index in [2.05, 4.69) is 9.46 Å². The Bertz CT molecular complexity index is 351. The lowest BCUT2D eigenvalue weighted by atomic mass is 10.0. The average molecular weight is 266 g/mol. The fourth-order valence-electron chi connectivity index (χ4n) is 0.970. The molecule has 0 heterocycles. The summed E-state index contributed by atoms with van der Waals surface area (Å²) in [5.41, 5.74) is -0.502. The Morgan fingerprint density at radius 3 is 2.35 bits per heavy atom. The first kappa shape index (κ1) is 16.3. The van der Waals surface area contributed by atoms with E-state index in [0.717, 1.165) is 4.31 Å². The highest BCUT2D eigenvalue weighted by Crippen LogP contribution is 2.10. The molecule has 1 N–H and O–H groups in total. The van der Waals surface area contributed by atoms with E-state index in [1.54, 1.807) is 13.8 Å². The molecule has 0 saturated heterocycles. The summed E-state index contributed by atoms with van der Waals surface area (Å²) >= 11 is 0. The Morgan fingerprint density at radius 2 is 1.94 bits per heavy atom. The zero-order chi connectivity index (χ0) is 13.7. The maximum Gasteiger partial charge on any atom is 0.306 e. The molecule has 102 valence electrons. The Hall–Kier alpha value is -0.660. The van der Waals surface area contributed by atoms with Crippen LogP contribution in [0.3, 0.4) is 0 Å². The zero-order valence-corrected chi connectivity index (χ0v) is 11.9. The van der Waals surface area contributed by atoms with E-state index in [1.807, 2.05) is 6.92 Å². The molecule has 0 fully saturated rings. The van der Waals surface area contributed by atoms with Crippen LogP contribution in [0, 0.1) is 0 Å². The van der Waals surface area contributed by atoms with Crippen LogP contribution < -0.4 is 4.72 Å². The van der Waals surface area contributed by atoms with Crippen molar-refractivity contribution in [1.29, 1.82) is 0 Å². The van der Waals surface area contributed by atoms with E-state index in [-0.39, 0.29) is 13.0 Å². The van der Waals surface area contributed by atoms with Crippen LogP contribution in [0.2, 0.25) is 0 Å². The highest BCUT2D eigenvalue weighted by molar-refractivity contribution is 7.87. The Kier molecular flexibility index (Phi) is 6.08. The third kappa shape index (κ3) is 5.99. The molecule has 0 bridgehead atoms. The molecule has 0 aliphatic heterocycles. The fraction of sp³-hybridized carbons (Fsp3) is 0.900. The largest absolute Gasteiger partial charge is 0.469 e. The molecule has 0 atom stereocenters. The Morgan fingerprint density at radius 1 is 1.41 bits per heavy atom. The predicted molar refractivity (Wildman–Crippen MR) is 65.7 cm³/mol.